The number of Topliss-reactive ketones (excluding diaryl/α,β-unsaturated/α-hetero) is 1. The summed E-state index contributed by atoms with van der Waals surface area (Å²) in [6.45, 7) is 1.45. The average molecular weight is 384 g/mol. The van der Waals surface area contributed by atoms with E-state index < -0.39 is 15.9 Å². The molecule has 0 radical (unpaired) electrons. The van der Waals surface area contributed by atoms with Crippen molar-refractivity contribution in [3.63, 3.8) is 0 Å². The van der Waals surface area contributed by atoms with Gasteiger partial charge < -0.3 is 10.6 Å². The minimum atomic E-state index is -3.82. The number of carbonyl (C=O) groups excluding carboxylic acids is 2. The maximum atomic E-state index is 12.2. The molecule has 0 aromatic heterocycles. The summed E-state index contributed by atoms with van der Waals surface area (Å²) in [5.74, 6) is -0.739. The molecule has 2 aromatic carbocycles. The number of amides is 1. The number of hydrogen-bond acceptors (Lipinski definition) is 6. The number of benzene rings is 2. The van der Waals surface area contributed by atoms with Gasteiger partial charge in [-0.1, -0.05) is 0 Å². The van der Waals surface area contributed by atoms with Gasteiger partial charge in [-0.15, -0.1) is 0 Å². The third-order valence-corrected chi connectivity index (χ3v) is 4.41. The third kappa shape index (κ3) is 5.50. The van der Waals surface area contributed by atoms with Crippen LogP contribution in [0, 0.1) is 11.3 Å². The first-order valence-electron chi connectivity index (χ1n) is 7.63. The number of sulfonamides is 1. The lowest BCUT2D eigenvalue weighted by Gasteiger charge is -2.06. The van der Waals surface area contributed by atoms with Gasteiger partial charge >= 0.3 is 0 Å². The van der Waals surface area contributed by atoms with Crippen LogP contribution in [0.25, 0.3) is 0 Å². The van der Waals surface area contributed by atoms with Gasteiger partial charge in [0, 0.05) is 23.1 Å². The quantitative estimate of drug-likeness (QED) is 0.395. The van der Waals surface area contributed by atoms with Crippen LogP contribution in [-0.4, -0.2) is 20.1 Å². The molecule has 0 spiro atoms. The second kappa shape index (κ2) is 8.27. The maximum absolute atomic E-state index is 12.2. The predicted molar refractivity (Wildman–Crippen MR) is 100 cm³/mol. The molecule has 0 saturated carbocycles. The first-order chi connectivity index (χ1) is 12.7. The number of nitriles is 1. The van der Waals surface area contributed by atoms with E-state index >= 15 is 0 Å². The predicted octanol–water partition coefficient (Wildman–Crippen LogP) is 1.99. The van der Waals surface area contributed by atoms with Gasteiger partial charge in [-0.05, 0) is 55.5 Å². The molecule has 0 heterocycles. The van der Waals surface area contributed by atoms with Crippen molar-refractivity contribution in [2.45, 2.75) is 11.8 Å². The topological polar surface area (TPSA) is 142 Å². The third-order valence-electron chi connectivity index (χ3n) is 3.48. The molecule has 27 heavy (non-hydrogen) atoms. The molecule has 2 rings (SSSR count). The summed E-state index contributed by atoms with van der Waals surface area (Å²) in [6, 6.07) is 13.5. The summed E-state index contributed by atoms with van der Waals surface area (Å²) in [6.07, 6.45) is 1.23. The van der Waals surface area contributed by atoms with Crippen molar-refractivity contribution in [3.8, 4) is 6.07 Å². The molecule has 0 aliphatic rings. The summed E-state index contributed by atoms with van der Waals surface area (Å²) >= 11 is 0. The van der Waals surface area contributed by atoms with E-state index in [-0.39, 0.29) is 16.3 Å². The Kier molecular flexibility index (Phi) is 6.07. The van der Waals surface area contributed by atoms with Gasteiger partial charge in [-0.25, -0.2) is 13.6 Å². The highest BCUT2D eigenvalue weighted by Crippen LogP contribution is 2.14. The zero-order valence-corrected chi connectivity index (χ0v) is 15.1. The van der Waals surface area contributed by atoms with Crippen molar-refractivity contribution in [3.05, 3.63) is 65.9 Å². The van der Waals surface area contributed by atoms with E-state index in [2.05, 4.69) is 10.6 Å². The van der Waals surface area contributed by atoms with Crippen molar-refractivity contribution in [1.29, 1.82) is 5.26 Å². The lowest BCUT2D eigenvalue weighted by Crippen LogP contribution is -2.15. The Morgan fingerprint density at radius 3 is 2.07 bits per heavy atom. The fourth-order valence-electron chi connectivity index (χ4n) is 2.03. The van der Waals surface area contributed by atoms with Crippen molar-refractivity contribution >= 4 is 33.1 Å². The average Bonchev–Trinajstić information content (AvgIpc) is 2.62. The van der Waals surface area contributed by atoms with Crippen molar-refractivity contribution in [1.82, 2.24) is 0 Å². The number of carbonyl (C=O) groups is 2. The summed E-state index contributed by atoms with van der Waals surface area (Å²) in [4.78, 5) is 23.3. The van der Waals surface area contributed by atoms with E-state index in [1.54, 1.807) is 30.3 Å². The van der Waals surface area contributed by atoms with Crippen molar-refractivity contribution < 1.29 is 18.0 Å². The smallest absolute Gasteiger partial charge is 0.267 e. The number of nitrogens with zero attached hydrogens (tertiary/aromatic N) is 1. The second-order valence-electron chi connectivity index (χ2n) is 5.47. The molecule has 0 fully saturated rings. The van der Waals surface area contributed by atoms with E-state index in [4.69, 9.17) is 10.4 Å². The Morgan fingerprint density at radius 2 is 1.59 bits per heavy atom. The van der Waals surface area contributed by atoms with Crippen LogP contribution in [0.4, 0.5) is 11.4 Å². The summed E-state index contributed by atoms with van der Waals surface area (Å²) in [7, 11) is -3.82. The number of primary sulfonamides is 1. The number of rotatable bonds is 6. The fraction of sp³-hybridized carbons (Fsp3) is 0.0556. The SMILES string of the molecule is CC(=O)c1ccc(N/C=C(/C#N)C(=O)Nc2ccc(S(N)(=O)=O)cc2)cc1. The largest absolute Gasteiger partial charge is 0.360 e. The molecule has 0 unspecified atom stereocenters. The van der Waals surface area contributed by atoms with Crippen molar-refractivity contribution in [2.75, 3.05) is 10.6 Å². The van der Waals surface area contributed by atoms with Crippen LogP contribution in [0.1, 0.15) is 17.3 Å². The zero-order chi connectivity index (χ0) is 20.0. The van der Waals surface area contributed by atoms with Gasteiger partial charge in [0.1, 0.15) is 11.6 Å². The van der Waals surface area contributed by atoms with E-state index in [1.165, 1.54) is 37.4 Å². The summed E-state index contributed by atoms with van der Waals surface area (Å²) < 4.78 is 22.4. The number of hydrogen-bond donors (Lipinski definition) is 3. The molecular weight excluding hydrogens is 368 g/mol. The molecule has 0 aliphatic heterocycles. The first-order valence-corrected chi connectivity index (χ1v) is 9.17. The van der Waals surface area contributed by atoms with Gasteiger partial charge in [-0.3, -0.25) is 9.59 Å². The monoisotopic (exact) mass is 384 g/mol. The van der Waals surface area contributed by atoms with Gasteiger partial charge in [0.05, 0.1) is 4.90 Å². The Labute approximate surface area is 156 Å². The molecular formula is C18H16N4O4S. The Balaban J connectivity index is 2.07. The van der Waals surface area contributed by atoms with Gasteiger partial charge in [0.15, 0.2) is 5.78 Å². The Bertz CT molecular complexity index is 1030. The molecule has 0 aliphatic carbocycles. The normalized spacial score (nSPS) is 11.4. The molecule has 138 valence electrons. The highest BCUT2D eigenvalue weighted by Gasteiger charge is 2.11. The number of ketones is 1. The molecule has 1 amide bonds. The minimum absolute atomic E-state index is 0.0670. The summed E-state index contributed by atoms with van der Waals surface area (Å²) in [5, 5.41) is 19.5. The summed E-state index contributed by atoms with van der Waals surface area (Å²) in [5.41, 5.74) is 1.25. The van der Waals surface area contributed by atoms with Crippen LogP contribution in [0.2, 0.25) is 0 Å². The van der Waals surface area contributed by atoms with E-state index in [0.29, 0.717) is 16.9 Å². The van der Waals surface area contributed by atoms with Crippen LogP contribution in [0.15, 0.2) is 65.2 Å². The van der Waals surface area contributed by atoms with Crippen molar-refractivity contribution in [2.24, 2.45) is 5.14 Å². The number of anilines is 2. The fourth-order valence-corrected chi connectivity index (χ4v) is 2.55. The van der Waals surface area contributed by atoms with Crippen LogP contribution in [0.5, 0.6) is 0 Å². The number of nitrogens with two attached hydrogens (primary N) is 1. The van der Waals surface area contributed by atoms with E-state index in [1.807, 2.05) is 0 Å². The molecule has 2 aromatic rings. The van der Waals surface area contributed by atoms with Gasteiger partial charge in [-0.2, -0.15) is 5.26 Å². The minimum Gasteiger partial charge on any atom is -0.360 e. The van der Waals surface area contributed by atoms with E-state index in [0.717, 1.165) is 0 Å². The molecule has 0 atom stereocenters. The van der Waals surface area contributed by atoms with Crippen LogP contribution in [0.3, 0.4) is 0 Å². The van der Waals surface area contributed by atoms with Crippen LogP contribution >= 0.6 is 0 Å². The van der Waals surface area contributed by atoms with Crippen LogP contribution < -0.4 is 15.8 Å². The first kappa shape index (κ1) is 19.8. The maximum Gasteiger partial charge on any atom is 0.267 e. The highest BCUT2D eigenvalue weighted by molar-refractivity contribution is 7.89. The zero-order valence-electron chi connectivity index (χ0n) is 14.3. The highest BCUT2D eigenvalue weighted by atomic mass is 32.2. The Morgan fingerprint density at radius 1 is 1.04 bits per heavy atom. The Hall–Kier alpha value is -3.48. The standard InChI is InChI=1S/C18H16N4O4S/c1-12(23)13-2-4-15(5-3-13)21-11-14(10-19)18(24)22-16-6-8-17(9-7-16)27(20,25)26/h2-9,11,21H,1H3,(H,22,24)(H2,20,25,26)/b14-11-. The van der Waals surface area contributed by atoms with Crippen LogP contribution in [-0.2, 0) is 14.8 Å². The van der Waals surface area contributed by atoms with Gasteiger partial charge in [0.2, 0.25) is 10.0 Å². The molecule has 0 bridgehead atoms. The van der Waals surface area contributed by atoms with E-state index in [9.17, 15) is 18.0 Å². The molecule has 4 N–H and O–H groups in total. The molecule has 9 heteroatoms. The molecule has 8 nitrogen and oxygen atoms in total. The molecule has 0 saturated heterocycles. The lowest BCUT2D eigenvalue weighted by molar-refractivity contribution is -0.112. The van der Waals surface area contributed by atoms with Gasteiger partial charge in [0.25, 0.3) is 5.91 Å². The second-order valence-corrected chi connectivity index (χ2v) is 7.03. The number of nitrogens with one attached hydrogen (secondary N) is 2. The lowest BCUT2D eigenvalue weighted by atomic mass is 10.1.